The number of likely N-dealkylation sites (tertiary alicyclic amines) is 1. The van der Waals surface area contributed by atoms with Crippen LogP contribution in [0, 0.1) is 0 Å². The van der Waals surface area contributed by atoms with Gasteiger partial charge in [0.15, 0.2) is 0 Å². The number of piperazine rings is 1. The molecule has 0 spiro atoms. The Labute approximate surface area is 157 Å². The Morgan fingerprint density at radius 1 is 1.23 bits per heavy atom. The highest BCUT2D eigenvalue weighted by molar-refractivity contribution is 7.16. The lowest BCUT2D eigenvalue weighted by Gasteiger charge is -2.32. The first-order chi connectivity index (χ1) is 12.7. The second-order valence-corrected chi connectivity index (χ2v) is 7.77. The molecule has 0 aliphatic carbocycles. The maximum Gasteiger partial charge on any atom is 0.265 e. The molecule has 1 amide bonds. The first kappa shape index (κ1) is 17.5. The van der Waals surface area contributed by atoms with Gasteiger partial charge in [0.25, 0.3) is 5.91 Å². The van der Waals surface area contributed by atoms with Crippen molar-refractivity contribution in [2.45, 2.75) is 12.5 Å². The molecular formula is C19H24N4O2S. The fraction of sp³-hybridized carbons (Fsp3) is 0.474. The zero-order valence-corrected chi connectivity index (χ0v) is 15.8. The van der Waals surface area contributed by atoms with Crippen molar-refractivity contribution in [1.82, 2.24) is 20.1 Å². The maximum absolute atomic E-state index is 12.9. The van der Waals surface area contributed by atoms with Crippen LogP contribution in [0.5, 0.6) is 5.75 Å². The molecule has 1 atom stereocenters. The lowest BCUT2D eigenvalue weighted by Crippen LogP contribution is -2.49. The van der Waals surface area contributed by atoms with Gasteiger partial charge in [-0.05, 0) is 30.7 Å². The Bertz CT molecular complexity index is 755. The Hall–Kier alpha value is -1.96. The number of nitrogens with zero attached hydrogens (tertiary/aromatic N) is 3. The van der Waals surface area contributed by atoms with Crippen molar-refractivity contribution in [3.63, 3.8) is 0 Å². The molecule has 138 valence electrons. The zero-order valence-electron chi connectivity index (χ0n) is 15.0. The molecule has 0 saturated carbocycles. The first-order valence-corrected chi connectivity index (χ1v) is 9.90. The van der Waals surface area contributed by atoms with Gasteiger partial charge in [0.05, 0.1) is 13.3 Å². The lowest BCUT2D eigenvalue weighted by molar-refractivity contribution is 0.0778. The summed E-state index contributed by atoms with van der Waals surface area (Å²) in [4.78, 5) is 22.5. The van der Waals surface area contributed by atoms with E-state index < -0.39 is 0 Å². The van der Waals surface area contributed by atoms with Crippen molar-refractivity contribution in [1.29, 1.82) is 0 Å². The fourth-order valence-electron chi connectivity index (χ4n) is 3.67. The van der Waals surface area contributed by atoms with Crippen LogP contribution in [0.4, 0.5) is 0 Å². The van der Waals surface area contributed by atoms with Crippen LogP contribution in [0.2, 0.25) is 0 Å². The van der Waals surface area contributed by atoms with E-state index in [9.17, 15) is 4.79 Å². The summed E-state index contributed by atoms with van der Waals surface area (Å²) in [5.74, 6) is 0.928. The number of rotatable bonds is 4. The van der Waals surface area contributed by atoms with Gasteiger partial charge >= 0.3 is 0 Å². The molecule has 1 unspecified atom stereocenters. The molecule has 2 aromatic rings. The van der Waals surface area contributed by atoms with Crippen LogP contribution in [0.1, 0.15) is 16.1 Å². The second-order valence-electron chi connectivity index (χ2n) is 6.74. The Balaban J connectivity index is 1.41. The van der Waals surface area contributed by atoms with Crippen molar-refractivity contribution < 1.29 is 9.53 Å². The molecule has 1 aromatic heterocycles. The molecule has 0 radical (unpaired) electrons. The molecule has 2 aliphatic rings. The summed E-state index contributed by atoms with van der Waals surface area (Å²) in [6.45, 7) is 5.91. The average molecular weight is 372 g/mol. The van der Waals surface area contributed by atoms with Crippen LogP contribution < -0.4 is 10.1 Å². The number of methoxy groups -OCH3 is 1. The van der Waals surface area contributed by atoms with Gasteiger partial charge < -0.3 is 15.0 Å². The van der Waals surface area contributed by atoms with Gasteiger partial charge in [0, 0.05) is 50.9 Å². The molecule has 2 aliphatic heterocycles. The van der Waals surface area contributed by atoms with Crippen LogP contribution >= 0.6 is 11.3 Å². The highest BCUT2D eigenvalue weighted by Gasteiger charge is 2.32. The van der Waals surface area contributed by atoms with E-state index in [1.54, 1.807) is 13.3 Å². The first-order valence-electron chi connectivity index (χ1n) is 9.09. The molecule has 3 heterocycles. The summed E-state index contributed by atoms with van der Waals surface area (Å²) < 4.78 is 5.19. The van der Waals surface area contributed by atoms with E-state index in [1.807, 2.05) is 29.2 Å². The SMILES string of the molecule is COc1ccc(-c2ncc(C(=O)N3CCC(N4CCNCC4)C3)s2)cc1. The lowest BCUT2D eigenvalue weighted by atomic mass is 10.2. The quantitative estimate of drug-likeness (QED) is 0.889. The summed E-state index contributed by atoms with van der Waals surface area (Å²) in [6.07, 6.45) is 2.78. The molecule has 6 nitrogen and oxygen atoms in total. The van der Waals surface area contributed by atoms with Gasteiger partial charge in [0.1, 0.15) is 15.6 Å². The molecule has 2 fully saturated rings. The summed E-state index contributed by atoms with van der Waals surface area (Å²) in [7, 11) is 1.65. The number of nitrogens with one attached hydrogen (secondary N) is 1. The van der Waals surface area contributed by atoms with E-state index in [0.29, 0.717) is 6.04 Å². The predicted octanol–water partition coefficient (Wildman–Crippen LogP) is 1.94. The molecule has 26 heavy (non-hydrogen) atoms. The molecule has 7 heteroatoms. The summed E-state index contributed by atoms with van der Waals surface area (Å²) >= 11 is 1.46. The molecular weight excluding hydrogens is 348 g/mol. The van der Waals surface area contributed by atoms with Crippen LogP contribution in [0.15, 0.2) is 30.5 Å². The van der Waals surface area contributed by atoms with Gasteiger partial charge in [-0.2, -0.15) is 0 Å². The Morgan fingerprint density at radius 2 is 2.00 bits per heavy atom. The average Bonchev–Trinajstić information content (AvgIpc) is 3.38. The van der Waals surface area contributed by atoms with Gasteiger partial charge in [0.2, 0.25) is 0 Å². The third-order valence-corrected chi connectivity index (χ3v) is 6.21. The highest BCUT2D eigenvalue weighted by atomic mass is 32.1. The number of hydrogen-bond donors (Lipinski definition) is 1. The molecule has 1 N–H and O–H groups in total. The van der Waals surface area contributed by atoms with E-state index in [4.69, 9.17) is 4.74 Å². The largest absolute Gasteiger partial charge is 0.497 e. The van der Waals surface area contributed by atoms with E-state index in [1.165, 1.54) is 11.3 Å². The third-order valence-electron chi connectivity index (χ3n) is 5.17. The number of hydrogen-bond acceptors (Lipinski definition) is 6. The van der Waals surface area contributed by atoms with E-state index in [-0.39, 0.29) is 5.91 Å². The van der Waals surface area contributed by atoms with E-state index >= 15 is 0 Å². The Morgan fingerprint density at radius 3 is 2.73 bits per heavy atom. The summed E-state index contributed by atoms with van der Waals surface area (Å²) in [6, 6.07) is 8.27. The minimum absolute atomic E-state index is 0.111. The van der Waals surface area contributed by atoms with Crippen molar-refractivity contribution in [3.05, 3.63) is 35.3 Å². The minimum Gasteiger partial charge on any atom is -0.497 e. The molecule has 4 rings (SSSR count). The minimum atomic E-state index is 0.111. The van der Waals surface area contributed by atoms with Crippen molar-refractivity contribution in [2.75, 3.05) is 46.4 Å². The number of carbonyl (C=O) groups excluding carboxylic acids is 1. The van der Waals surface area contributed by atoms with Gasteiger partial charge in [-0.25, -0.2) is 4.98 Å². The van der Waals surface area contributed by atoms with Crippen LogP contribution in [-0.4, -0.2) is 73.1 Å². The van der Waals surface area contributed by atoms with Crippen molar-refractivity contribution in [2.24, 2.45) is 0 Å². The molecule has 2 saturated heterocycles. The number of carbonyl (C=O) groups is 1. The van der Waals surface area contributed by atoms with Gasteiger partial charge in [-0.15, -0.1) is 11.3 Å². The zero-order chi connectivity index (χ0) is 17.9. The van der Waals surface area contributed by atoms with Crippen LogP contribution in [-0.2, 0) is 0 Å². The summed E-state index contributed by atoms with van der Waals surface area (Å²) in [5, 5.41) is 4.26. The van der Waals surface area contributed by atoms with Crippen LogP contribution in [0.25, 0.3) is 10.6 Å². The topological polar surface area (TPSA) is 57.7 Å². The number of benzene rings is 1. The predicted molar refractivity (Wildman–Crippen MR) is 103 cm³/mol. The normalized spacial score (nSPS) is 21.1. The fourth-order valence-corrected chi connectivity index (χ4v) is 4.56. The van der Waals surface area contributed by atoms with E-state index in [2.05, 4.69) is 15.2 Å². The second kappa shape index (κ2) is 7.73. The van der Waals surface area contributed by atoms with E-state index in [0.717, 1.165) is 66.9 Å². The smallest absolute Gasteiger partial charge is 0.265 e. The molecule has 1 aromatic carbocycles. The van der Waals surface area contributed by atoms with Crippen LogP contribution in [0.3, 0.4) is 0 Å². The van der Waals surface area contributed by atoms with Gasteiger partial charge in [-0.3, -0.25) is 9.69 Å². The third kappa shape index (κ3) is 3.60. The Kier molecular flexibility index (Phi) is 5.19. The monoisotopic (exact) mass is 372 g/mol. The highest BCUT2D eigenvalue weighted by Crippen LogP contribution is 2.28. The molecule has 0 bridgehead atoms. The summed E-state index contributed by atoms with van der Waals surface area (Å²) in [5.41, 5.74) is 1.01. The number of ether oxygens (including phenoxy) is 1. The maximum atomic E-state index is 12.9. The van der Waals surface area contributed by atoms with Gasteiger partial charge in [-0.1, -0.05) is 0 Å². The number of amides is 1. The number of aromatic nitrogens is 1. The standard InChI is InChI=1S/C19H24N4O2S/c1-25-16-4-2-14(3-5-16)18-21-12-17(26-18)19(24)23-9-6-15(13-23)22-10-7-20-8-11-22/h2-5,12,15,20H,6-11,13H2,1H3. The van der Waals surface area contributed by atoms with Crippen molar-refractivity contribution >= 4 is 17.2 Å². The van der Waals surface area contributed by atoms with Crippen molar-refractivity contribution in [3.8, 4) is 16.3 Å². The number of thiazole rings is 1.